The Labute approximate surface area is 165 Å². The maximum Gasteiger partial charge on any atom is 0.279 e. The van der Waals surface area contributed by atoms with E-state index in [1.165, 1.54) is 0 Å². The monoisotopic (exact) mass is 398 g/mol. The molecule has 1 aromatic carbocycles. The van der Waals surface area contributed by atoms with Gasteiger partial charge in [-0.2, -0.15) is 4.98 Å². The number of fused-ring (bicyclic) bond motifs is 1. The Balaban J connectivity index is 1.66. The molecule has 9 heteroatoms. The lowest BCUT2D eigenvalue weighted by atomic mass is 10.1. The van der Waals surface area contributed by atoms with Crippen LogP contribution in [0.1, 0.15) is 18.9 Å². The molecule has 0 amide bonds. The van der Waals surface area contributed by atoms with Gasteiger partial charge in [0, 0.05) is 43.9 Å². The summed E-state index contributed by atoms with van der Waals surface area (Å²) in [5.41, 5.74) is 0.662. The summed E-state index contributed by atoms with van der Waals surface area (Å²) in [6.45, 7) is 3.45. The van der Waals surface area contributed by atoms with Gasteiger partial charge in [-0.1, -0.05) is 0 Å². The Morgan fingerprint density at radius 1 is 1.00 bits per heavy atom. The van der Waals surface area contributed by atoms with Gasteiger partial charge in [0.2, 0.25) is 5.95 Å². The molecule has 0 unspecified atom stereocenters. The second kappa shape index (κ2) is 6.84. The van der Waals surface area contributed by atoms with E-state index in [0.29, 0.717) is 17.1 Å². The second-order valence-electron chi connectivity index (χ2n) is 7.69. The number of benzene rings is 1. The maximum absolute atomic E-state index is 13.7. The topological polar surface area (TPSA) is 67.2 Å². The first kappa shape index (κ1) is 18.1. The van der Waals surface area contributed by atoms with Crippen molar-refractivity contribution < 1.29 is 8.78 Å². The van der Waals surface area contributed by atoms with Gasteiger partial charge in [-0.25, -0.2) is 18.7 Å². The van der Waals surface area contributed by atoms with E-state index in [0.717, 1.165) is 57.2 Å². The highest BCUT2D eigenvalue weighted by atomic mass is 19.1. The zero-order valence-electron chi connectivity index (χ0n) is 16.0. The molecule has 2 fully saturated rings. The van der Waals surface area contributed by atoms with E-state index in [9.17, 15) is 13.6 Å². The second-order valence-corrected chi connectivity index (χ2v) is 7.69. The number of anilines is 1. The van der Waals surface area contributed by atoms with Crippen molar-refractivity contribution in [3.8, 4) is 11.3 Å². The minimum atomic E-state index is -0.749. The molecule has 5 rings (SSSR count). The van der Waals surface area contributed by atoms with E-state index < -0.39 is 11.6 Å². The Kier molecular flexibility index (Phi) is 4.27. The minimum Gasteiger partial charge on any atom is -0.338 e. The number of likely N-dealkylation sites (N-methyl/N-ethyl adjacent to an activating group) is 1. The first-order chi connectivity index (χ1) is 14.0. The first-order valence-electron chi connectivity index (χ1n) is 9.69. The smallest absolute Gasteiger partial charge is 0.279 e. The highest BCUT2D eigenvalue weighted by molar-refractivity contribution is 5.75. The van der Waals surface area contributed by atoms with Crippen molar-refractivity contribution in [3.05, 3.63) is 46.4 Å². The van der Waals surface area contributed by atoms with Crippen LogP contribution in [0.15, 0.2) is 29.2 Å². The lowest BCUT2D eigenvalue weighted by Crippen LogP contribution is -2.45. The fourth-order valence-corrected chi connectivity index (χ4v) is 3.70. The van der Waals surface area contributed by atoms with E-state index in [2.05, 4.69) is 31.8 Å². The molecule has 7 nitrogen and oxygen atoms in total. The molecule has 0 N–H and O–H groups in total. The summed E-state index contributed by atoms with van der Waals surface area (Å²) in [6.07, 6.45) is 3.32. The number of hydrogen-bond acceptors (Lipinski definition) is 6. The molecule has 1 saturated carbocycles. The van der Waals surface area contributed by atoms with Crippen molar-refractivity contribution in [1.82, 2.24) is 24.4 Å². The summed E-state index contributed by atoms with van der Waals surface area (Å²) < 4.78 is 29.0. The van der Waals surface area contributed by atoms with Gasteiger partial charge in [0.1, 0.15) is 22.8 Å². The summed E-state index contributed by atoms with van der Waals surface area (Å²) in [5.74, 6) is -0.924. The van der Waals surface area contributed by atoms with Crippen LogP contribution >= 0.6 is 0 Å². The summed E-state index contributed by atoms with van der Waals surface area (Å²) in [6, 6.07) is 3.04. The van der Waals surface area contributed by atoms with Crippen molar-refractivity contribution in [1.29, 1.82) is 0 Å². The molecule has 1 saturated heterocycles. The van der Waals surface area contributed by atoms with Gasteiger partial charge in [-0.3, -0.25) is 9.36 Å². The van der Waals surface area contributed by atoms with Gasteiger partial charge in [0.15, 0.2) is 5.65 Å². The summed E-state index contributed by atoms with van der Waals surface area (Å²) in [5, 5.41) is 0. The number of nitrogens with zero attached hydrogens (tertiary/aromatic N) is 6. The van der Waals surface area contributed by atoms with Crippen LogP contribution < -0.4 is 10.5 Å². The lowest BCUT2D eigenvalue weighted by molar-refractivity contribution is 0.311. The van der Waals surface area contributed by atoms with Gasteiger partial charge < -0.3 is 9.80 Å². The van der Waals surface area contributed by atoms with Crippen molar-refractivity contribution in [2.75, 3.05) is 38.1 Å². The molecule has 29 heavy (non-hydrogen) atoms. The van der Waals surface area contributed by atoms with E-state index in [1.54, 1.807) is 10.8 Å². The lowest BCUT2D eigenvalue weighted by Gasteiger charge is -2.32. The molecular formula is C20H20F2N6O. The zero-order chi connectivity index (χ0) is 20.1. The van der Waals surface area contributed by atoms with Crippen molar-refractivity contribution in [3.63, 3.8) is 0 Å². The number of hydrogen-bond donors (Lipinski definition) is 0. The largest absolute Gasteiger partial charge is 0.338 e. The fraction of sp³-hybridized carbons (Fsp3) is 0.400. The van der Waals surface area contributed by atoms with Crippen LogP contribution in [0.3, 0.4) is 0 Å². The summed E-state index contributed by atoms with van der Waals surface area (Å²) in [7, 11) is 2.07. The molecule has 2 aromatic heterocycles. The van der Waals surface area contributed by atoms with E-state index >= 15 is 0 Å². The van der Waals surface area contributed by atoms with Crippen molar-refractivity contribution >= 4 is 17.1 Å². The quantitative estimate of drug-likeness (QED) is 0.674. The Hall–Kier alpha value is -2.94. The predicted octanol–water partition coefficient (Wildman–Crippen LogP) is 2.22. The standard InChI is InChI=1S/C20H20F2N6O/c1-26-4-6-27(7-5-26)20-23-11-16-18(25-20)28(15-2-3-15)19(29)17(24-16)12-8-13(21)10-14(22)9-12/h8-11,15H,2-7H2,1H3. The number of halogens is 2. The first-order valence-corrected chi connectivity index (χ1v) is 9.69. The normalized spacial score (nSPS) is 17.8. The van der Waals surface area contributed by atoms with Crippen LogP contribution in [0.25, 0.3) is 22.4 Å². The molecule has 1 aliphatic heterocycles. The third-order valence-electron chi connectivity index (χ3n) is 5.45. The molecule has 1 aliphatic carbocycles. The highest BCUT2D eigenvalue weighted by Gasteiger charge is 2.29. The SMILES string of the molecule is CN1CCN(c2ncc3nc(-c4cc(F)cc(F)c4)c(=O)n(C4CC4)c3n2)CC1. The average molecular weight is 398 g/mol. The predicted molar refractivity (Wildman–Crippen MR) is 105 cm³/mol. The van der Waals surface area contributed by atoms with Crippen LogP contribution in [0, 0.1) is 11.6 Å². The van der Waals surface area contributed by atoms with Gasteiger partial charge in [0.05, 0.1) is 6.20 Å². The van der Waals surface area contributed by atoms with E-state index in [-0.39, 0.29) is 22.9 Å². The van der Waals surface area contributed by atoms with E-state index in [1.807, 2.05) is 0 Å². The van der Waals surface area contributed by atoms with Gasteiger partial charge in [0.25, 0.3) is 5.56 Å². The molecule has 3 aromatic rings. The molecule has 150 valence electrons. The van der Waals surface area contributed by atoms with Crippen molar-refractivity contribution in [2.24, 2.45) is 0 Å². The van der Waals surface area contributed by atoms with Gasteiger partial charge in [-0.05, 0) is 32.0 Å². The third-order valence-corrected chi connectivity index (χ3v) is 5.45. The van der Waals surface area contributed by atoms with Crippen LogP contribution in [-0.4, -0.2) is 57.6 Å². The van der Waals surface area contributed by atoms with Gasteiger partial charge in [-0.15, -0.1) is 0 Å². The summed E-state index contributed by atoms with van der Waals surface area (Å²) in [4.78, 5) is 31.0. The van der Waals surface area contributed by atoms with Crippen molar-refractivity contribution in [2.45, 2.75) is 18.9 Å². The molecule has 0 atom stereocenters. The number of piperazine rings is 1. The Bertz CT molecular complexity index is 1130. The maximum atomic E-state index is 13.7. The Morgan fingerprint density at radius 3 is 2.34 bits per heavy atom. The average Bonchev–Trinajstić information content (AvgIpc) is 3.52. The van der Waals surface area contributed by atoms with Crippen LogP contribution in [0.4, 0.5) is 14.7 Å². The molecule has 0 spiro atoms. The minimum absolute atomic E-state index is 0.0127. The molecule has 3 heterocycles. The Morgan fingerprint density at radius 2 is 1.69 bits per heavy atom. The van der Waals surface area contributed by atoms with Crippen LogP contribution in [0.5, 0.6) is 0 Å². The highest BCUT2D eigenvalue weighted by Crippen LogP contribution is 2.36. The van der Waals surface area contributed by atoms with E-state index in [4.69, 9.17) is 0 Å². The van der Waals surface area contributed by atoms with Crippen LogP contribution in [-0.2, 0) is 0 Å². The molecule has 2 aliphatic rings. The fourth-order valence-electron chi connectivity index (χ4n) is 3.70. The van der Waals surface area contributed by atoms with Gasteiger partial charge >= 0.3 is 0 Å². The zero-order valence-corrected chi connectivity index (χ0v) is 16.0. The molecular weight excluding hydrogens is 378 g/mol. The van der Waals surface area contributed by atoms with Crippen LogP contribution in [0.2, 0.25) is 0 Å². The summed E-state index contributed by atoms with van der Waals surface area (Å²) >= 11 is 0. The number of aromatic nitrogens is 4. The number of rotatable bonds is 3. The molecule has 0 bridgehead atoms. The third kappa shape index (κ3) is 3.35. The molecule has 0 radical (unpaired) electrons.